The van der Waals surface area contributed by atoms with Gasteiger partial charge in [-0.25, -0.2) is 4.79 Å². The smallest absolute Gasteiger partial charge is 0.407 e. The van der Waals surface area contributed by atoms with Crippen LogP contribution in [0.2, 0.25) is 0 Å². The van der Waals surface area contributed by atoms with Gasteiger partial charge in [0, 0.05) is 25.7 Å². The first-order chi connectivity index (χ1) is 8.75. The molecule has 19 heavy (non-hydrogen) atoms. The minimum atomic E-state index is -0.842. The minimum Gasteiger partial charge on any atom is -0.494 e. The first-order valence-electron chi connectivity index (χ1n) is 6.15. The van der Waals surface area contributed by atoms with Gasteiger partial charge in [0.05, 0.1) is 6.61 Å². The third-order valence-electron chi connectivity index (χ3n) is 3.00. The van der Waals surface area contributed by atoms with Crippen LogP contribution in [-0.4, -0.2) is 48.4 Å². The fraction of sp³-hybridized carbons (Fsp3) is 0.462. The van der Waals surface area contributed by atoms with Crippen molar-refractivity contribution in [2.45, 2.75) is 12.5 Å². The molecule has 0 aliphatic carbocycles. The molecule has 1 heterocycles. The molecule has 0 radical (unpaired) electrons. The molecule has 1 aliphatic rings. The molecule has 2 N–H and O–H groups in total. The van der Waals surface area contributed by atoms with Crippen LogP contribution in [0, 0.1) is 0 Å². The summed E-state index contributed by atoms with van der Waals surface area (Å²) < 4.78 is 5.60. The van der Waals surface area contributed by atoms with Gasteiger partial charge in [-0.3, -0.25) is 0 Å². The molecule has 5 nitrogen and oxygen atoms in total. The number of carbonyl (C=O) groups is 1. The van der Waals surface area contributed by atoms with Crippen LogP contribution in [0.25, 0.3) is 0 Å². The van der Waals surface area contributed by atoms with Crippen molar-refractivity contribution < 1.29 is 14.6 Å². The molecule has 0 unspecified atom stereocenters. The van der Waals surface area contributed by atoms with Crippen LogP contribution in [0.15, 0.2) is 30.3 Å². The molecule has 6 heteroatoms. The number of rotatable bonds is 4. The van der Waals surface area contributed by atoms with Crippen LogP contribution >= 0.6 is 12.4 Å². The first kappa shape index (κ1) is 15.6. The highest BCUT2D eigenvalue weighted by atomic mass is 35.5. The lowest BCUT2D eigenvalue weighted by atomic mass is 10.1. The Morgan fingerprint density at radius 3 is 2.84 bits per heavy atom. The van der Waals surface area contributed by atoms with Gasteiger partial charge >= 0.3 is 6.09 Å². The highest BCUT2D eigenvalue weighted by Gasteiger charge is 2.22. The SMILES string of the molecule is Cl.O=C(O)N1CCN[C@H](CCOc2ccccc2)C1. The summed E-state index contributed by atoms with van der Waals surface area (Å²) in [6.45, 7) is 2.40. The number of nitrogens with one attached hydrogen (secondary N) is 1. The van der Waals surface area contributed by atoms with E-state index in [1.54, 1.807) is 0 Å². The first-order valence-corrected chi connectivity index (χ1v) is 6.15. The number of benzene rings is 1. The average Bonchev–Trinajstić information content (AvgIpc) is 2.40. The highest BCUT2D eigenvalue weighted by molar-refractivity contribution is 5.85. The number of carboxylic acid groups (broad SMARTS) is 1. The molecule has 106 valence electrons. The van der Waals surface area contributed by atoms with Crippen molar-refractivity contribution in [1.82, 2.24) is 10.2 Å². The number of hydrogen-bond acceptors (Lipinski definition) is 3. The van der Waals surface area contributed by atoms with Gasteiger partial charge in [-0.05, 0) is 18.6 Å². The lowest BCUT2D eigenvalue weighted by molar-refractivity contribution is 0.124. The third-order valence-corrected chi connectivity index (χ3v) is 3.00. The quantitative estimate of drug-likeness (QED) is 0.886. The number of nitrogens with zero attached hydrogens (tertiary/aromatic N) is 1. The zero-order valence-electron chi connectivity index (χ0n) is 10.6. The van der Waals surface area contributed by atoms with Crippen LogP contribution in [-0.2, 0) is 0 Å². The molecule has 1 saturated heterocycles. The van der Waals surface area contributed by atoms with Gasteiger partial charge in [-0.2, -0.15) is 0 Å². The molecule has 0 aromatic heterocycles. The van der Waals surface area contributed by atoms with Crippen LogP contribution < -0.4 is 10.1 Å². The second kappa shape index (κ2) is 7.86. The molecule has 0 spiro atoms. The molecule has 1 atom stereocenters. The van der Waals surface area contributed by atoms with E-state index in [1.165, 1.54) is 4.90 Å². The molecular weight excluding hydrogens is 268 g/mol. The maximum absolute atomic E-state index is 10.9. The van der Waals surface area contributed by atoms with Gasteiger partial charge in [-0.1, -0.05) is 18.2 Å². The topological polar surface area (TPSA) is 61.8 Å². The lowest BCUT2D eigenvalue weighted by Crippen LogP contribution is -2.52. The summed E-state index contributed by atoms with van der Waals surface area (Å²) in [4.78, 5) is 12.3. The zero-order valence-corrected chi connectivity index (χ0v) is 11.4. The van der Waals surface area contributed by atoms with Crippen LogP contribution in [0.5, 0.6) is 5.75 Å². The highest BCUT2D eigenvalue weighted by Crippen LogP contribution is 2.10. The lowest BCUT2D eigenvalue weighted by Gasteiger charge is -2.31. The molecule has 1 aromatic rings. The fourth-order valence-corrected chi connectivity index (χ4v) is 2.03. The van der Waals surface area contributed by atoms with E-state index in [2.05, 4.69) is 5.32 Å². The Kier molecular flexibility index (Phi) is 6.45. The second-order valence-electron chi connectivity index (χ2n) is 4.33. The summed E-state index contributed by atoms with van der Waals surface area (Å²) in [5.41, 5.74) is 0. The van der Waals surface area contributed by atoms with E-state index in [4.69, 9.17) is 9.84 Å². The van der Waals surface area contributed by atoms with E-state index in [1.807, 2.05) is 30.3 Å². The molecule has 2 rings (SSSR count). The van der Waals surface area contributed by atoms with Gasteiger partial charge < -0.3 is 20.1 Å². The largest absolute Gasteiger partial charge is 0.494 e. The standard InChI is InChI=1S/C13H18N2O3.ClH/c16-13(17)15-8-7-14-11(10-15)6-9-18-12-4-2-1-3-5-12;/h1-5,11,14H,6-10H2,(H,16,17);1H/t11-;/m1./s1. The Morgan fingerprint density at radius 2 is 2.16 bits per heavy atom. The van der Waals surface area contributed by atoms with Crippen molar-refractivity contribution in [2.24, 2.45) is 0 Å². The van der Waals surface area contributed by atoms with E-state index in [9.17, 15) is 4.79 Å². The summed E-state index contributed by atoms with van der Waals surface area (Å²) in [5, 5.41) is 12.2. The number of piperazine rings is 1. The van der Waals surface area contributed by atoms with Gasteiger partial charge in [0.2, 0.25) is 0 Å². The van der Waals surface area contributed by atoms with Crippen molar-refractivity contribution in [1.29, 1.82) is 0 Å². The van der Waals surface area contributed by atoms with Gasteiger partial charge in [0.15, 0.2) is 0 Å². The number of amides is 1. The molecule has 1 aromatic carbocycles. The Morgan fingerprint density at radius 1 is 1.42 bits per heavy atom. The normalized spacial score (nSPS) is 18.5. The number of ether oxygens (including phenoxy) is 1. The molecule has 0 bridgehead atoms. The van der Waals surface area contributed by atoms with E-state index in [-0.39, 0.29) is 18.4 Å². The van der Waals surface area contributed by atoms with Crippen molar-refractivity contribution >= 4 is 18.5 Å². The Bertz CT molecular complexity index is 389. The Hall–Kier alpha value is -1.46. The fourth-order valence-electron chi connectivity index (χ4n) is 2.03. The monoisotopic (exact) mass is 286 g/mol. The maximum atomic E-state index is 10.9. The van der Waals surface area contributed by atoms with E-state index >= 15 is 0 Å². The molecular formula is C13H19ClN2O3. The van der Waals surface area contributed by atoms with Crippen molar-refractivity contribution in [3.05, 3.63) is 30.3 Å². The summed E-state index contributed by atoms with van der Waals surface area (Å²) >= 11 is 0. The summed E-state index contributed by atoms with van der Waals surface area (Å²) in [6, 6.07) is 9.81. The van der Waals surface area contributed by atoms with E-state index in [0.29, 0.717) is 26.2 Å². The van der Waals surface area contributed by atoms with E-state index in [0.717, 1.165) is 12.2 Å². The van der Waals surface area contributed by atoms with Crippen LogP contribution in [0.1, 0.15) is 6.42 Å². The third kappa shape index (κ3) is 4.96. The van der Waals surface area contributed by atoms with Crippen molar-refractivity contribution in [2.75, 3.05) is 26.2 Å². The Balaban J connectivity index is 0.00000180. The number of hydrogen-bond donors (Lipinski definition) is 2. The molecule has 0 saturated carbocycles. The average molecular weight is 287 g/mol. The predicted molar refractivity (Wildman–Crippen MR) is 75.2 cm³/mol. The van der Waals surface area contributed by atoms with Crippen LogP contribution in [0.3, 0.4) is 0 Å². The maximum Gasteiger partial charge on any atom is 0.407 e. The van der Waals surface area contributed by atoms with Crippen LogP contribution in [0.4, 0.5) is 4.79 Å². The van der Waals surface area contributed by atoms with Gasteiger partial charge in [0.1, 0.15) is 5.75 Å². The van der Waals surface area contributed by atoms with E-state index < -0.39 is 6.09 Å². The van der Waals surface area contributed by atoms with Gasteiger partial charge in [0.25, 0.3) is 0 Å². The number of halogens is 1. The second-order valence-corrected chi connectivity index (χ2v) is 4.33. The summed E-state index contributed by atoms with van der Waals surface area (Å²) in [7, 11) is 0. The van der Waals surface area contributed by atoms with Crippen molar-refractivity contribution in [3.8, 4) is 5.75 Å². The van der Waals surface area contributed by atoms with Crippen molar-refractivity contribution in [3.63, 3.8) is 0 Å². The minimum absolute atomic E-state index is 0. The predicted octanol–water partition coefficient (Wildman–Crippen LogP) is 1.83. The molecule has 1 amide bonds. The summed E-state index contributed by atoms with van der Waals surface area (Å²) in [6.07, 6.45) is -0.0379. The zero-order chi connectivity index (χ0) is 12.8. The Labute approximate surface area is 119 Å². The summed E-state index contributed by atoms with van der Waals surface area (Å²) in [5.74, 6) is 0.850. The molecule has 1 fully saturated rings. The van der Waals surface area contributed by atoms with Gasteiger partial charge in [-0.15, -0.1) is 12.4 Å². The molecule has 1 aliphatic heterocycles. The number of para-hydroxylation sites is 1.